The molecule has 3 rings (SSSR count). The molecule has 0 fully saturated rings. The summed E-state index contributed by atoms with van der Waals surface area (Å²) in [6.07, 6.45) is -0.292. The Labute approximate surface area is 184 Å². The summed E-state index contributed by atoms with van der Waals surface area (Å²) >= 11 is 2.61. The molecule has 1 N–H and O–H groups in total. The molecular formula is C21H23N5O2S2. The number of nitriles is 1. The molecule has 0 saturated carbocycles. The summed E-state index contributed by atoms with van der Waals surface area (Å²) in [7, 11) is 1.85. The molecular weight excluding hydrogens is 418 g/mol. The molecule has 0 aliphatic carbocycles. The molecule has 3 aromatic rings. The Bertz CT molecular complexity index is 1050. The van der Waals surface area contributed by atoms with Crippen LogP contribution < -0.4 is 10.1 Å². The quantitative estimate of drug-likeness (QED) is 0.508. The lowest BCUT2D eigenvalue weighted by Gasteiger charge is -2.15. The van der Waals surface area contributed by atoms with Gasteiger partial charge in [0.2, 0.25) is 5.91 Å². The van der Waals surface area contributed by atoms with Crippen LogP contribution in [0.4, 0.5) is 5.00 Å². The molecule has 0 saturated heterocycles. The number of nitrogens with one attached hydrogen (secondary N) is 1. The van der Waals surface area contributed by atoms with E-state index < -0.39 is 0 Å². The van der Waals surface area contributed by atoms with Crippen LogP contribution in [-0.2, 0) is 11.8 Å². The second-order valence-electron chi connectivity index (χ2n) is 7.00. The zero-order valence-corrected chi connectivity index (χ0v) is 18.9. The molecule has 156 valence electrons. The van der Waals surface area contributed by atoms with Gasteiger partial charge in [-0.3, -0.25) is 4.79 Å². The van der Waals surface area contributed by atoms with E-state index >= 15 is 0 Å². The van der Waals surface area contributed by atoms with Crippen LogP contribution >= 0.6 is 23.1 Å². The largest absolute Gasteiger partial charge is 0.483 e. The molecule has 1 amide bonds. The number of thiophene rings is 1. The molecule has 1 aromatic carbocycles. The Kier molecular flexibility index (Phi) is 7.13. The number of anilines is 1. The van der Waals surface area contributed by atoms with Crippen LogP contribution in [0.2, 0.25) is 0 Å². The highest BCUT2D eigenvalue weighted by molar-refractivity contribution is 7.99. The van der Waals surface area contributed by atoms with Crippen molar-refractivity contribution in [3.63, 3.8) is 0 Å². The fourth-order valence-corrected chi connectivity index (χ4v) is 4.25. The predicted octanol–water partition coefficient (Wildman–Crippen LogP) is 4.74. The number of rotatable bonds is 8. The molecule has 1 unspecified atom stereocenters. The summed E-state index contributed by atoms with van der Waals surface area (Å²) < 4.78 is 7.84. The van der Waals surface area contributed by atoms with Crippen molar-refractivity contribution in [1.82, 2.24) is 14.8 Å². The number of carbonyl (C=O) groups is 1. The van der Waals surface area contributed by atoms with Crippen molar-refractivity contribution in [3.05, 3.63) is 52.7 Å². The number of benzene rings is 1. The number of thioether (sulfide) groups is 1. The van der Waals surface area contributed by atoms with Crippen LogP contribution in [0.1, 0.15) is 49.7 Å². The molecule has 0 spiro atoms. The highest BCUT2D eigenvalue weighted by Crippen LogP contribution is 2.26. The van der Waals surface area contributed by atoms with Gasteiger partial charge in [-0.2, -0.15) is 5.26 Å². The van der Waals surface area contributed by atoms with Crippen molar-refractivity contribution in [2.24, 2.45) is 7.05 Å². The first-order valence-corrected chi connectivity index (χ1v) is 11.3. The third kappa shape index (κ3) is 5.20. The Morgan fingerprint density at radius 2 is 2.00 bits per heavy atom. The van der Waals surface area contributed by atoms with Gasteiger partial charge >= 0.3 is 0 Å². The predicted molar refractivity (Wildman–Crippen MR) is 119 cm³/mol. The van der Waals surface area contributed by atoms with Gasteiger partial charge in [-0.05, 0) is 42.0 Å². The first kappa shape index (κ1) is 21.9. The molecule has 2 heterocycles. The van der Waals surface area contributed by atoms with E-state index in [1.807, 2.05) is 30.7 Å². The average molecular weight is 442 g/mol. The summed E-state index contributed by atoms with van der Waals surface area (Å²) in [5.74, 6) is 1.89. The van der Waals surface area contributed by atoms with Crippen molar-refractivity contribution < 1.29 is 9.53 Å². The van der Waals surface area contributed by atoms with Gasteiger partial charge in [-0.1, -0.05) is 37.7 Å². The normalized spacial score (nSPS) is 11.9. The highest BCUT2D eigenvalue weighted by atomic mass is 32.2. The van der Waals surface area contributed by atoms with E-state index in [0.29, 0.717) is 27.5 Å². The van der Waals surface area contributed by atoms with Crippen LogP contribution in [0, 0.1) is 11.3 Å². The molecule has 30 heavy (non-hydrogen) atoms. The Morgan fingerprint density at radius 1 is 1.27 bits per heavy atom. The summed E-state index contributed by atoms with van der Waals surface area (Å²) in [4.78, 5) is 12.2. The van der Waals surface area contributed by atoms with Crippen LogP contribution in [0.25, 0.3) is 0 Å². The van der Waals surface area contributed by atoms with Crippen molar-refractivity contribution in [2.75, 3.05) is 11.1 Å². The van der Waals surface area contributed by atoms with Crippen LogP contribution in [0.3, 0.4) is 0 Å². The van der Waals surface area contributed by atoms with Gasteiger partial charge in [-0.15, -0.1) is 21.5 Å². The summed E-state index contributed by atoms with van der Waals surface area (Å²) in [5, 5.41) is 23.2. The minimum absolute atomic E-state index is 0.167. The smallest absolute Gasteiger partial charge is 0.235 e. The van der Waals surface area contributed by atoms with E-state index in [9.17, 15) is 4.79 Å². The third-order valence-electron chi connectivity index (χ3n) is 4.46. The zero-order chi connectivity index (χ0) is 21.7. The number of hydrogen-bond donors (Lipinski definition) is 1. The Balaban J connectivity index is 1.58. The lowest BCUT2D eigenvalue weighted by molar-refractivity contribution is -0.113. The fraction of sp³-hybridized carbons (Fsp3) is 0.333. The van der Waals surface area contributed by atoms with Gasteiger partial charge in [-0.25, -0.2) is 0 Å². The monoisotopic (exact) mass is 441 g/mol. The van der Waals surface area contributed by atoms with Crippen LogP contribution in [0.5, 0.6) is 5.75 Å². The highest BCUT2D eigenvalue weighted by Gasteiger charge is 2.18. The summed E-state index contributed by atoms with van der Waals surface area (Å²) in [6.45, 7) is 6.22. The first-order chi connectivity index (χ1) is 14.4. The topological polar surface area (TPSA) is 92.8 Å². The van der Waals surface area contributed by atoms with Crippen LogP contribution in [0.15, 0.2) is 40.9 Å². The van der Waals surface area contributed by atoms with Gasteiger partial charge in [0, 0.05) is 7.05 Å². The maximum atomic E-state index is 12.2. The first-order valence-electron chi connectivity index (χ1n) is 9.45. The van der Waals surface area contributed by atoms with E-state index in [1.165, 1.54) is 28.7 Å². The molecule has 0 radical (unpaired) electrons. The second-order valence-corrected chi connectivity index (χ2v) is 8.85. The number of amides is 1. The van der Waals surface area contributed by atoms with Crippen molar-refractivity contribution in [2.45, 2.75) is 37.9 Å². The maximum Gasteiger partial charge on any atom is 0.235 e. The Morgan fingerprint density at radius 3 is 2.67 bits per heavy atom. The van der Waals surface area contributed by atoms with Crippen molar-refractivity contribution in [1.29, 1.82) is 5.26 Å². The minimum Gasteiger partial charge on any atom is -0.483 e. The molecule has 0 bridgehead atoms. The number of aromatic nitrogens is 3. The van der Waals surface area contributed by atoms with E-state index in [1.54, 1.807) is 11.4 Å². The van der Waals surface area contributed by atoms with Gasteiger partial charge in [0.25, 0.3) is 0 Å². The van der Waals surface area contributed by atoms with E-state index in [2.05, 4.69) is 47.6 Å². The summed E-state index contributed by atoms with van der Waals surface area (Å²) in [5.41, 5.74) is 1.72. The van der Waals surface area contributed by atoms with Gasteiger partial charge in [0.05, 0.1) is 11.3 Å². The van der Waals surface area contributed by atoms with Gasteiger partial charge in [0.15, 0.2) is 17.1 Å². The third-order valence-corrected chi connectivity index (χ3v) is 6.31. The van der Waals surface area contributed by atoms with Gasteiger partial charge in [0.1, 0.15) is 16.8 Å². The fourth-order valence-electron chi connectivity index (χ4n) is 2.78. The standard InChI is InChI=1S/C21H23N5O2S2/c1-13(2)15-5-7-17(8-6-15)28-14(3)19-24-25-21(26(19)4)30-12-18(27)23-20-16(11-22)9-10-29-20/h5-10,13-14H,12H2,1-4H3,(H,23,27). The Hall–Kier alpha value is -2.83. The number of nitrogens with zero attached hydrogens (tertiary/aromatic N) is 4. The van der Waals surface area contributed by atoms with E-state index in [0.717, 1.165) is 5.75 Å². The molecule has 0 aliphatic rings. The number of ether oxygens (including phenoxy) is 1. The SMILES string of the molecule is CC(C)c1ccc(OC(C)c2nnc(SCC(=O)Nc3sccc3C#N)n2C)cc1. The lowest BCUT2D eigenvalue weighted by Crippen LogP contribution is -2.14. The molecule has 2 aromatic heterocycles. The van der Waals surface area contributed by atoms with E-state index in [4.69, 9.17) is 10.00 Å². The minimum atomic E-state index is -0.292. The molecule has 0 aliphatic heterocycles. The summed E-state index contributed by atoms with van der Waals surface area (Å²) in [6, 6.07) is 11.8. The second kappa shape index (κ2) is 9.78. The van der Waals surface area contributed by atoms with Crippen LogP contribution in [-0.4, -0.2) is 26.4 Å². The zero-order valence-electron chi connectivity index (χ0n) is 17.2. The molecule has 9 heteroatoms. The van der Waals surface area contributed by atoms with E-state index in [-0.39, 0.29) is 17.8 Å². The average Bonchev–Trinajstić information content (AvgIpc) is 3.32. The maximum absolute atomic E-state index is 12.2. The molecule has 1 atom stereocenters. The van der Waals surface area contributed by atoms with Gasteiger partial charge < -0.3 is 14.6 Å². The van der Waals surface area contributed by atoms with Crippen molar-refractivity contribution >= 4 is 34.0 Å². The lowest BCUT2D eigenvalue weighted by atomic mass is 10.0. The van der Waals surface area contributed by atoms with Crippen molar-refractivity contribution in [3.8, 4) is 11.8 Å². The number of carbonyl (C=O) groups excluding carboxylic acids is 1. The number of hydrogen-bond acceptors (Lipinski definition) is 7. The molecule has 7 nitrogen and oxygen atoms in total.